The summed E-state index contributed by atoms with van der Waals surface area (Å²) in [6, 6.07) is 23.0. The number of esters is 1. The number of aromatic nitrogens is 6. The van der Waals surface area contributed by atoms with Crippen LogP contribution >= 0.6 is 62.3 Å². The van der Waals surface area contributed by atoms with Gasteiger partial charge in [-0.25, -0.2) is 4.79 Å². The van der Waals surface area contributed by atoms with Crippen LogP contribution in [0.15, 0.2) is 84.9 Å². The number of halogens is 5. The Labute approximate surface area is 339 Å². The number of aromatic hydroxyl groups is 1. The van der Waals surface area contributed by atoms with Crippen molar-refractivity contribution in [2.45, 2.75) is 38.6 Å². The van der Waals surface area contributed by atoms with E-state index in [0.29, 0.717) is 42.8 Å². The zero-order valence-electron chi connectivity index (χ0n) is 29.3. The monoisotopic (exact) mass is 876 g/mol. The summed E-state index contributed by atoms with van der Waals surface area (Å²) in [6.45, 7) is 7.39. The highest BCUT2D eigenvalue weighted by Crippen LogP contribution is 2.31. The number of hydrogen-bond donors (Lipinski definition) is 2. The summed E-state index contributed by atoms with van der Waals surface area (Å²) in [5.74, 6) is -1.04. The highest BCUT2D eigenvalue weighted by atomic mass is 79.9. The van der Waals surface area contributed by atoms with E-state index in [9.17, 15) is 19.8 Å². The molecule has 2 unspecified atom stereocenters. The molecule has 54 heavy (non-hydrogen) atoms. The number of aryl methyl sites for hydroxylation is 4. The van der Waals surface area contributed by atoms with Crippen molar-refractivity contribution in [3.05, 3.63) is 139 Å². The van der Waals surface area contributed by atoms with Crippen LogP contribution in [0.2, 0.25) is 20.1 Å². The van der Waals surface area contributed by atoms with Gasteiger partial charge in [0.1, 0.15) is 27.7 Å². The molecule has 0 saturated carbocycles. The van der Waals surface area contributed by atoms with E-state index in [2.05, 4.69) is 41.1 Å². The van der Waals surface area contributed by atoms with E-state index >= 15 is 0 Å². The van der Waals surface area contributed by atoms with E-state index in [4.69, 9.17) is 51.1 Å². The quantitative estimate of drug-likeness (QED) is 0.112. The number of alkyl halides is 1. The first-order valence-corrected chi connectivity index (χ1v) is 18.2. The van der Waals surface area contributed by atoms with Crippen molar-refractivity contribution in [3.8, 4) is 22.9 Å². The molecule has 2 aromatic heterocycles. The van der Waals surface area contributed by atoms with Crippen molar-refractivity contribution >= 4 is 74.3 Å². The average Bonchev–Trinajstić information content (AvgIpc) is 3.67. The number of nitrogens with zero attached hydrogens (tertiary/aromatic N) is 6. The molecule has 17 heteroatoms. The van der Waals surface area contributed by atoms with Crippen molar-refractivity contribution in [3.63, 3.8) is 0 Å². The summed E-state index contributed by atoms with van der Waals surface area (Å²) in [7, 11) is 1.35. The summed E-state index contributed by atoms with van der Waals surface area (Å²) in [5, 5.41) is 38.4. The highest BCUT2D eigenvalue weighted by molar-refractivity contribution is 9.09. The van der Waals surface area contributed by atoms with Gasteiger partial charge in [0.15, 0.2) is 0 Å². The smallest absolute Gasteiger partial charge is 0.349 e. The number of carbonyl (C=O) groups excluding carboxylic acids is 1. The second-order valence-electron chi connectivity index (χ2n) is 11.4. The molecule has 2 heterocycles. The topological polar surface area (TPSA) is 154 Å². The van der Waals surface area contributed by atoms with E-state index < -0.39 is 16.9 Å². The van der Waals surface area contributed by atoms with Crippen LogP contribution in [0.25, 0.3) is 11.4 Å². The molecule has 6 aromatic rings. The standard InChI is InChI=1S/C18H15Cl2N3O3.C10H10ClN3O.C9H8BrClO2/c1-10-11(2)22-23(21-10)15-9-14(20)7-8-16(15)26-17(18(24)25)12-3-5-13(19)6-4-12;1-6-7(2)13-14(12-6)9-5-8(11)3-4-10(9)15;1-13-9(12)8(10)6-2-4-7(11)5-3-6/h3-9,17H,1-2H3,(H,24,25);3-5,15H,1-2H3;2-5,8H,1H3. The van der Waals surface area contributed by atoms with Crippen molar-refractivity contribution < 1.29 is 29.3 Å². The maximum absolute atomic E-state index is 11.7. The molecule has 0 fully saturated rings. The van der Waals surface area contributed by atoms with Crippen LogP contribution in [0, 0.1) is 27.7 Å². The van der Waals surface area contributed by atoms with E-state index in [0.717, 1.165) is 28.3 Å². The van der Waals surface area contributed by atoms with Gasteiger partial charge in [0.2, 0.25) is 6.10 Å². The SMILES string of the molecule is COC(=O)C(Br)c1ccc(Cl)cc1.Cc1nn(-c2cc(Cl)ccc2O)nc1C.Cc1nn(-c2cc(Cl)ccc2OC(C(=O)O)c2ccc(Cl)cc2)nc1C. The second-order valence-corrected chi connectivity index (χ2v) is 14.1. The number of carboxylic acid groups (broad SMARTS) is 1. The van der Waals surface area contributed by atoms with Gasteiger partial charge in [-0.15, -0.1) is 9.59 Å². The lowest BCUT2D eigenvalue weighted by Crippen LogP contribution is -2.19. The van der Waals surface area contributed by atoms with Crippen LogP contribution in [-0.4, -0.2) is 59.2 Å². The molecule has 2 N–H and O–H groups in total. The molecule has 0 aliphatic heterocycles. The van der Waals surface area contributed by atoms with Gasteiger partial charge in [-0.2, -0.15) is 20.4 Å². The number of carbonyl (C=O) groups is 2. The molecule has 4 aromatic carbocycles. The van der Waals surface area contributed by atoms with Crippen molar-refractivity contribution in [1.82, 2.24) is 30.0 Å². The molecule has 2 atom stereocenters. The van der Waals surface area contributed by atoms with Crippen LogP contribution < -0.4 is 4.74 Å². The van der Waals surface area contributed by atoms with E-state index in [1.165, 1.54) is 22.8 Å². The van der Waals surface area contributed by atoms with Crippen LogP contribution in [0.5, 0.6) is 11.5 Å². The number of methoxy groups -OCH3 is 1. The fourth-order valence-corrected chi connectivity index (χ4v) is 5.49. The third-order valence-electron chi connectivity index (χ3n) is 7.53. The number of phenolic OH excluding ortho intramolecular Hbond substituents is 1. The van der Waals surface area contributed by atoms with Gasteiger partial charge >= 0.3 is 11.9 Å². The minimum atomic E-state index is -1.22. The maximum atomic E-state index is 11.7. The Hall–Kier alpha value is -4.66. The number of rotatable bonds is 8. The number of benzene rings is 4. The van der Waals surface area contributed by atoms with Crippen molar-refractivity contribution in [2.75, 3.05) is 7.11 Å². The molecule has 0 radical (unpaired) electrons. The molecular weight excluding hydrogens is 846 g/mol. The largest absolute Gasteiger partial charge is 0.506 e. The number of carboxylic acids is 1. The molecule has 0 spiro atoms. The Morgan fingerprint density at radius 1 is 0.648 bits per heavy atom. The zero-order chi connectivity index (χ0) is 39.7. The lowest BCUT2D eigenvalue weighted by molar-refractivity contribution is -0.145. The maximum Gasteiger partial charge on any atom is 0.349 e. The molecular formula is C37H33BrCl4N6O6. The fraction of sp³-hybridized carbons (Fsp3) is 0.189. The lowest BCUT2D eigenvalue weighted by atomic mass is 10.1. The molecule has 0 saturated heterocycles. The Morgan fingerprint density at radius 2 is 1.06 bits per heavy atom. The first-order chi connectivity index (χ1) is 25.6. The van der Waals surface area contributed by atoms with Gasteiger partial charge in [0.05, 0.1) is 29.9 Å². The first-order valence-electron chi connectivity index (χ1n) is 15.8. The lowest BCUT2D eigenvalue weighted by Gasteiger charge is -2.18. The predicted molar refractivity (Wildman–Crippen MR) is 211 cm³/mol. The third kappa shape index (κ3) is 11.2. The molecule has 282 valence electrons. The van der Waals surface area contributed by atoms with Crippen LogP contribution in [-0.2, 0) is 14.3 Å². The summed E-state index contributed by atoms with van der Waals surface area (Å²) in [6.07, 6.45) is -1.22. The van der Waals surface area contributed by atoms with E-state index in [1.54, 1.807) is 78.9 Å². The molecule has 0 aliphatic carbocycles. The van der Waals surface area contributed by atoms with Crippen LogP contribution in [0.1, 0.15) is 44.8 Å². The average molecular weight is 879 g/mol. The second kappa shape index (κ2) is 19.1. The predicted octanol–water partition coefficient (Wildman–Crippen LogP) is 9.59. The minimum absolute atomic E-state index is 0.106. The van der Waals surface area contributed by atoms with Gasteiger partial charge in [0.25, 0.3) is 0 Å². The molecule has 6 rings (SSSR count). The summed E-state index contributed by atoms with van der Waals surface area (Å²) in [5.41, 5.74) is 5.39. The van der Waals surface area contributed by atoms with Gasteiger partial charge in [-0.1, -0.05) is 86.6 Å². The Kier molecular flexibility index (Phi) is 14.9. The molecule has 0 aliphatic rings. The van der Waals surface area contributed by atoms with E-state index in [-0.39, 0.29) is 11.7 Å². The Bertz CT molecular complexity index is 2190. The summed E-state index contributed by atoms with van der Waals surface area (Å²) in [4.78, 5) is 25.2. The van der Waals surface area contributed by atoms with Gasteiger partial charge in [-0.3, -0.25) is 4.79 Å². The van der Waals surface area contributed by atoms with Crippen LogP contribution in [0.3, 0.4) is 0 Å². The van der Waals surface area contributed by atoms with E-state index in [1.807, 2.05) is 27.7 Å². The number of aliphatic carboxylic acids is 1. The Balaban J connectivity index is 0.000000197. The first kappa shape index (κ1) is 42.1. The molecule has 0 bridgehead atoms. The fourth-order valence-electron chi connectivity index (χ4n) is 4.42. The highest BCUT2D eigenvalue weighted by Gasteiger charge is 2.24. The molecule has 12 nitrogen and oxygen atoms in total. The number of phenols is 1. The number of ether oxygens (including phenoxy) is 2. The van der Waals surface area contributed by atoms with Gasteiger partial charge in [0, 0.05) is 25.7 Å². The number of hydrogen-bond acceptors (Lipinski definition) is 9. The Morgan fingerprint density at radius 3 is 1.52 bits per heavy atom. The molecule has 0 amide bonds. The normalized spacial score (nSPS) is 11.7. The minimum Gasteiger partial charge on any atom is -0.506 e. The van der Waals surface area contributed by atoms with Crippen molar-refractivity contribution in [1.29, 1.82) is 0 Å². The zero-order valence-corrected chi connectivity index (χ0v) is 33.9. The van der Waals surface area contributed by atoms with Gasteiger partial charge in [-0.05, 0) is 93.9 Å². The van der Waals surface area contributed by atoms with Crippen LogP contribution in [0.4, 0.5) is 0 Å². The third-order valence-corrected chi connectivity index (χ3v) is 9.40. The van der Waals surface area contributed by atoms with Gasteiger partial charge < -0.3 is 19.7 Å². The van der Waals surface area contributed by atoms with Crippen molar-refractivity contribution in [2.24, 2.45) is 0 Å². The summed E-state index contributed by atoms with van der Waals surface area (Å²) < 4.78 is 10.4. The summed E-state index contributed by atoms with van der Waals surface area (Å²) >= 11 is 26.7.